The molecule has 1 N–H and O–H groups in total. The first-order chi connectivity index (χ1) is 9.28. The SMILES string of the molecule is O=C(Cc1nc(CCl)cs1)NCCCn1ccnc1. The summed E-state index contributed by atoms with van der Waals surface area (Å²) in [6.07, 6.45) is 6.63. The minimum Gasteiger partial charge on any atom is -0.356 e. The number of carbonyl (C=O) groups excluding carboxylic acids is 1. The molecule has 0 aliphatic rings. The van der Waals surface area contributed by atoms with Gasteiger partial charge in [0.2, 0.25) is 5.91 Å². The molecular weight excluding hydrogens is 284 g/mol. The standard InChI is InChI=1S/C12H15ClN4OS/c13-7-10-8-19-12(16-10)6-11(18)15-2-1-4-17-5-3-14-9-17/h3,5,8-9H,1-2,4,6-7H2,(H,15,18). The second-order valence-corrected chi connectivity index (χ2v) is 5.26. The molecule has 19 heavy (non-hydrogen) atoms. The van der Waals surface area contributed by atoms with Crippen molar-refractivity contribution in [3.63, 3.8) is 0 Å². The lowest BCUT2D eigenvalue weighted by atomic mass is 10.3. The minimum absolute atomic E-state index is 0.00102. The number of aryl methyl sites for hydroxylation is 1. The van der Waals surface area contributed by atoms with Crippen LogP contribution in [0.5, 0.6) is 0 Å². The highest BCUT2D eigenvalue weighted by Crippen LogP contribution is 2.11. The van der Waals surface area contributed by atoms with E-state index in [9.17, 15) is 4.79 Å². The van der Waals surface area contributed by atoms with Crippen LogP contribution in [0, 0.1) is 0 Å². The molecule has 2 heterocycles. The third-order valence-electron chi connectivity index (χ3n) is 2.52. The van der Waals surface area contributed by atoms with Crippen molar-refractivity contribution in [2.24, 2.45) is 0 Å². The van der Waals surface area contributed by atoms with Crippen LogP contribution in [0.2, 0.25) is 0 Å². The molecule has 2 aromatic heterocycles. The van der Waals surface area contributed by atoms with Crippen LogP contribution in [-0.2, 0) is 23.6 Å². The van der Waals surface area contributed by atoms with Crippen LogP contribution in [0.25, 0.3) is 0 Å². The lowest BCUT2D eigenvalue weighted by molar-refractivity contribution is -0.120. The van der Waals surface area contributed by atoms with E-state index in [0.717, 1.165) is 23.7 Å². The van der Waals surface area contributed by atoms with Gasteiger partial charge in [-0.05, 0) is 6.42 Å². The van der Waals surface area contributed by atoms with Gasteiger partial charge in [0.05, 0.1) is 24.3 Å². The Morgan fingerprint density at radius 2 is 2.42 bits per heavy atom. The van der Waals surface area contributed by atoms with E-state index < -0.39 is 0 Å². The average molecular weight is 299 g/mol. The predicted octanol–water partition coefficient (Wildman–Crippen LogP) is 1.83. The van der Waals surface area contributed by atoms with E-state index in [1.807, 2.05) is 16.1 Å². The molecule has 0 unspecified atom stereocenters. The molecule has 0 fully saturated rings. The highest BCUT2D eigenvalue weighted by molar-refractivity contribution is 7.09. The number of halogens is 1. The highest BCUT2D eigenvalue weighted by atomic mass is 35.5. The number of thiazole rings is 1. The van der Waals surface area contributed by atoms with Crippen LogP contribution in [-0.4, -0.2) is 27.0 Å². The van der Waals surface area contributed by atoms with Crippen molar-refractivity contribution in [2.45, 2.75) is 25.3 Å². The molecule has 0 saturated heterocycles. The van der Waals surface area contributed by atoms with Gasteiger partial charge in [-0.1, -0.05) is 0 Å². The smallest absolute Gasteiger partial charge is 0.226 e. The van der Waals surface area contributed by atoms with Gasteiger partial charge in [0.1, 0.15) is 5.01 Å². The Hall–Kier alpha value is -1.40. The number of hydrogen-bond donors (Lipinski definition) is 1. The summed E-state index contributed by atoms with van der Waals surface area (Å²) < 4.78 is 1.99. The van der Waals surface area contributed by atoms with Gasteiger partial charge in [0.15, 0.2) is 0 Å². The number of hydrogen-bond acceptors (Lipinski definition) is 4. The minimum atomic E-state index is 0.00102. The van der Waals surface area contributed by atoms with Gasteiger partial charge in [0, 0.05) is 30.9 Å². The van der Waals surface area contributed by atoms with Gasteiger partial charge in [-0.3, -0.25) is 4.79 Å². The van der Waals surface area contributed by atoms with Crippen LogP contribution in [0.4, 0.5) is 0 Å². The zero-order valence-corrected chi connectivity index (χ0v) is 12.0. The number of nitrogens with one attached hydrogen (secondary N) is 1. The van der Waals surface area contributed by atoms with E-state index in [1.165, 1.54) is 11.3 Å². The molecule has 1 amide bonds. The zero-order chi connectivity index (χ0) is 13.5. The van der Waals surface area contributed by atoms with E-state index >= 15 is 0 Å². The van der Waals surface area contributed by atoms with E-state index in [-0.39, 0.29) is 5.91 Å². The normalized spacial score (nSPS) is 10.6. The summed E-state index contributed by atoms with van der Waals surface area (Å²) in [5.74, 6) is 0.393. The van der Waals surface area contributed by atoms with Gasteiger partial charge in [-0.25, -0.2) is 9.97 Å². The van der Waals surface area contributed by atoms with Crippen LogP contribution in [0.15, 0.2) is 24.1 Å². The quantitative estimate of drug-likeness (QED) is 0.626. The number of carbonyl (C=O) groups is 1. The Morgan fingerprint density at radius 1 is 1.53 bits per heavy atom. The second-order valence-electron chi connectivity index (χ2n) is 4.05. The van der Waals surface area contributed by atoms with E-state index in [2.05, 4.69) is 15.3 Å². The molecule has 2 rings (SSSR count). The molecule has 0 aliphatic heterocycles. The fraction of sp³-hybridized carbons (Fsp3) is 0.417. The van der Waals surface area contributed by atoms with Crippen LogP contribution in [0.3, 0.4) is 0 Å². The molecule has 0 saturated carbocycles. The summed E-state index contributed by atoms with van der Waals surface area (Å²) in [6, 6.07) is 0. The van der Waals surface area contributed by atoms with Crippen molar-refractivity contribution in [1.82, 2.24) is 19.9 Å². The maximum atomic E-state index is 11.7. The lowest BCUT2D eigenvalue weighted by Crippen LogP contribution is -2.26. The largest absolute Gasteiger partial charge is 0.356 e. The summed E-state index contributed by atoms with van der Waals surface area (Å²) in [5, 5.41) is 5.57. The predicted molar refractivity (Wildman–Crippen MR) is 75.2 cm³/mol. The molecule has 0 aromatic carbocycles. The molecule has 7 heteroatoms. The van der Waals surface area contributed by atoms with E-state index in [0.29, 0.717) is 18.8 Å². The number of rotatable bonds is 7. The van der Waals surface area contributed by atoms with Gasteiger partial charge in [0.25, 0.3) is 0 Å². The zero-order valence-electron chi connectivity index (χ0n) is 10.4. The Bertz CT molecular complexity index is 512. The third-order valence-corrected chi connectivity index (χ3v) is 3.69. The molecule has 0 atom stereocenters. The molecular formula is C12H15ClN4OS. The average Bonchev–Trinajstić information content (AvgIpc) is 3.05. The fourth-order valence-corrected chi connectivity index (χ4v) is 2.62. The highest BCUT2D eigenvalue weighted by Gasteiger charge is 2.07. The maximum Gasteiger partial charge on any atom is 0.226 e. The fourth-order valence-electron chi connectivity index (χ4n) is 1.60. The van der Waals surface area contributed by atoms with Crippen LogP contribution >= 0.6 is 22.9 Å². The third kappa shape index (κ3) is 4.65. The molecule has 0 radical (unpaired) electrons. The summed E-state index contributed by atoms with van der Waals surface area (Å²) in [6.45, 7) is 1.51. The molecule has 102 valence electrons. The summed E-state index contributed by atoms with van der Waals surface area (Å²) in [7, 11) is 0. The molecule has 0 bridgehead atoms. The van der Waals surface area contributed by atoms with Crippen molar-refractivity contribution in [3.05, 3.63) is 34.8 Å². The van der Waals surface area contributed by atoms with Crippen molar-refractivity contribution >= 4 is 28.8 Å². The van der Waals surface area contributed by atoms with Crippen LogP contribution < -0.4 is 5.32 Å². The Labute approximate surface area is 120 Å². The molecule has 2 aromatic rings. The van der Waals surface area contributed by atoms with Crippen molar-refractivity contribution in [3.8, 4) is 0 Å². The second kappa shape index (κ2) is 7.25. The first-order valence-electron chi connectivity index (χ1n) is 5.99. The summed E-state index contributed by atoms with van der Waals surface area (Å²) >= 11 is 7.14. The van der Waals surface area contributed by atoms with Gasteiger partial charge < -0.3 is 9.88 Å². The van der Waals surface area contributed by atoms with E-state index in [4.69, 9.17) is 11.6 Å². The molecule has 5 nitrogen and oxygen atoms in total. The number of nitrogens with zero attached hydrogens (tertiary/aromatic N) is 3. The van der Waals surface area contributed by atoms with Crippen molar-refractivity contribution < 1.29 is 4.79 Å². The van der Waals surface area contributed by atoms with Gasteiger partial charge in [-0.2, -0.15) is 0 Å². The first kappa shape index (κ1) is 14.0. The van der Waals surface area contributed by atoms with Crippen LogP contribution in [0.1, 0.15) is 17.1 Å². The monoisotopic (exact) mass is 298 g/mol. The summed E-state index contributed by atoms with van der Waals surface area (Å²) in [5.41, 5.74) is 0.828. The number of amides is 1. The topological polar surface area (TPSA) is 59.8 Å². The molecule has 0 spiro atoms. The Balaban J connectivity index is 1.64. The number of imidazole rings is 1. The Morgan fingerprint density at radius 3 is 3.11 bits per heavy atom. The van der Waals surface area contributed by atoms with Crippen molar-refractivity contribution in [1.29, 1.82) is 0 Å². The molecule has 0 aliphatic carbocycles. The summed E-state index contributed by atoms with van der Waals surface area (Å²) in [4.78, 5) is 19.9. The lowest BCUT2D eigenvalue weighted by Gasteiger charge is -2.04. The van der Waals surface area contributed by atoms with Gasteiger partial charge in [-0.15, -0.1) is 22.9 Å². The number of alkyl halides is 1. The first-order valence-corrected chi connectivity index (χ1v) is 7.41. The number of aromatic nitrogens is 3. The van der Waals surface area contributed by atoms with Gasteiger partial charge >= 0.3 is 0 Å². The van der Waals surface area contributed by atoms with E-state index in [1.54, 1.807) is 12.5 Å². The van der Waals surface area contributed by atoms with Crippen molar-refractivity contribution in [2.75, 3.05) is 6.54 Å². The Kier molecular flexibility index (Phi) is 5.35. The maximum absolute atomic E-state index is 11.7.